The molecular formula is C20H21N5O3. The SMILES string of the molecule is CN(Cc1ccc2c(c1)OCCO2)C(=O)NCc1ccc(-n2ccnc2)nc1. The monoisotopic (exact) mass is 379 g/mol. The Labute approximate surface area is 162 Å². The molecule has 3 aromatic rings. The minimum absolute atomic E-state index is 0.159. The van der Waals surface area contributed by atoms with Crippen LogP contribution in [-0.2, 0) is 13.1 Å². The molecule has 0 radical (unpaired) electrons. The van der Waals surface area contributed by atoms with Crippen LogP contribution in [0.15, 0.2) is 55.2 Å². The van der Waals surface area contributed by atoms with Crippen LogP contribution in [0, 0.1) is 0 Å². The number of carbonyl (C=O) groups excluding carboxylic acids is 1. The summed E-state index contributed by atoms with van der Waals surface area (Å²) in [5.41, 5.74) is 1.90. The van der Waals surface area contributed by atoms with Crippen molar-refractivity contribution in [2.45, 2.75) is 13.1 Å². The lowest BCUT2D eigenvalue weighted by atomic mass is 10.2. The number of nitrogens with zero attached hydrogens (tertiary/aromatic N) is 4. The quantitative estimate of drug-likeness (QED) is 0.736. The summed E-state index contributed by atoms with van der Waals surface area (Å²) in [5, 5.41) is 2.91. The second-order valence-electron chi connectivity index (χ2n) is 6.49. The number of hydrogen-bond donors (Lipinski definition) is 1. The van der Waals surface area contributed by atoms with Crippen molar-refractivity contribution in [1.82, 2.24) is 24.8 Å². The van der Waals surface area contributed by atoms with Crippen LogP contribution in [-0.4, -0.2) is 45.7 Å². The van der Waals surface area contributed by atoms with E-state index in [4.69, 9.17) is 9.47 Å². The Morgan fingerprint density at radius 3 is 2.75 bits per heavy atom. The van der Waals surface area contributed by atoms with Gasteiger partial charge in [0.2, 0.25) is 0 Å². The first-order valence-corrected chi connectivity index (χ1v) is 9.00. The van der Waals surface area contributed by atoms with E-state index in [0.29, 0.717) is 26.3 Å². The van der Waals surface area contributed by atoms with Crippen LogP contribution < -0.4 is 14.8 Å². The lowest BCUT2D eigenvalue weighted by Gasteiger charge is -2.21. The topological polar surface area (TPSA) is 81.5 Å². The molecule has 0 saturated heterocycles. The standard InChI is InChI=1S/C20H21N5O3/c1-24(13-15-2-4-17-18(10-15)28-9-8-27-17)20(26)23-12-16-3-5-19(22-11-16)25-7-6-21-14-25/h2-7,10-11,14H,8-9,12-13H2,1H3,(H,23,26). The van der Waals surface area contributed by atoms with Crippen LogP contribution in [0.4, 0.5) is 4.79 Å². The molecule has 0 fully saturated rings. The van der Waals surface area contributed by atoms with Crippen molar-refractivity contribution in [2.75, 3.05) is 20.3 Å². The van der Waals surface area contributed by atoms with Crippen molar-refractivity contribution in [2.24, 2.45) is 0 Å². The molecule has 8 heteroatoms. The second kappa shape index (κ2) is 7.99. The molecule has 0 spiro atoms. The van der Waals surface area contributed by atoms with Gasteiger partial charge in [-0.15, -0.1) is 0 Å². The first kappa shape index (κ1) is 17.8. The van der Waals surface area contributed by atoms with Gasteiger partial charge in [-0.25, -0.2) is 14.8 Å². The maximum atomic E-state index is 12.4. The fraction of sp³-hybridized carbons (Fsp3) is 0.250. The predicted octanol–water partition coefficient (Wildman–Crippen LogP) is 2.38. The van der Waals surface area contributed by atoms with E-state index in [1.54, 1.807) is 30.7 Å². The summed E-state index contributed by atoms with van der Waals surface area (Å²) in [6.07, 6.45) is 6.97. The van der Waals surface area contributed by atoms with Crippen LogP contribution in [0.2, 0.25) is 0 Å². The third kappa shape index (κ3) is 4.06. The Morgan fingerprint density at radius 2 is 2.00 bits per heavy atom. The molecule has 0 atom stereocenters. The largest absolute Gasteiger partial charge is 0.486 e. The van der Waals surface area contributed by atoms with Crippen molar-refractivity contribution in [1.29, 1.82) is 0 Å². The van der Waals surface area contributed by atoms with Gasteiger partial charge in [-0.2, -0.15) is 0 Å². The van der Waals surface area contributed by atoms with E-state index in [-0.39, 0.29) is 6.03 Å². The molecule has 8 nitrogen and oxygen atoms in total. The molecule has 1 aliphatic heterocycles. The number of rotatable bonds is 5. The summed E-state index contributed by atoms with van der Waals surface area (Å²) in [6.45, 7) is 1.98. The summed E-state index contributed by atoms with van der Waals surface area (Å²) >= 11 is 0. The summed E-state index contributed by atoms with van der Waals surface area (Å²) in [5.74, 6) is 2.25. The normalized spacial score (nSPS) is 12.5. The van der Waals surface area contributed by atoms with Crippen molar-refractivity contribution >= 4 is 6.03 Å². The van der Waals surface area contributed by atoms with Crippen LogP contribution >= 0.6 is 0 Å². The molecule has 1 aromatic carbocycles. The molecule has 0 unspecified atom stereocenters. The number of amides is 2. The number of carbonyl (C=O) groups is 1. The molecule has 2 aromatic heterocycles. The van der Waals surface area contributed by atoms with Crippen molar-refractivity contribution < 1.29 is 14.3 Å². The zero-order chi connectivity index (χ0) is 19.3. The van der Waals surface area contributed by atoms with E-state index >= 15 is 0 Å². The molecule has 3 heterocycles. The average Bonchev–Trinajstić information content (AvgIpc) is 3.27. The highest BCUT2D eigenvalue weighted by Crippen LogP contribution is 2.31. The van der Waals surface area contributed by atoms with Crippen LogP contribution in [0.5, 0.6) is 11.5 Å². The number of imidazole rings is 1. The fourth-order valence-electron chi connectivity index (χ4n) is 2.91. The lowest BCUT2D eigenvalue weighted by molar-refractivity contribution is 0.171. The van der Waals surface area contributed by atoms with E-state index in [2.05, 4.69) is 15.3 Å². The molecule has 4 rings (SSSR count). The number of fused-ring (bicyclic) bond motifs is 1. The van der Waals surface area contributed by atoms with E-state index in [1.165, 1.54) is 0 Å². The van der Waals surface area contributed by atoms with Crippen molar-refractivity contribution in [3.05, 3.63) is 66.4 Å². The van der Waals surface area contributed by atoms with Crippen molar-refractivity contribution in [3.63, 3.8) is 0 Å². The molecule has 144 valence electrons. The number of urea groups is 1. The molecular weight excluding hydrogens is 358 g/mol. The molecule has 2 amide bonds. The fourth-order valence-corrected chi connectivity index (χ4v) is 2.91. The maximum Gasteiger partial charge on any atom is 0.317 e. The zero-order valence-electron chi connectivity index (χ0n) is 15.5. The van der Waals surface area contributed by atoms with Gasteiger partial charge in [0, 0.05) is 38.7 Å². The van der Waals surface area contributed by atoms with Gasteiger partial charge in [0.1, 0.15) is 25.4 Å². The third-order valence-electron chi connectivity index (χ3n) is 4.39. The number of benzene rings is 1. The molecule has 0 bridgehead atoms. The van der Waals surface area contributed by atoms with E-state index in [9.17, 15) is 4.79 Å². The summed E-state index contributed by atoms with van der Waals surface area (Å²) < 4.78 is 12.9. The smallest absolute Gasteiger partial charge is 0.317 e. The highest BCUT2D eigenvalue weighted by molar-refractivity contribution is 5.73. The lowest BCUT2D eigenvalue weighted by Crippen LogP contribution is -2.36. The van der Waals surface area contributed by atoms with Crippen LogP contribution in [0.25, 0.3) is 5.82 Å². The van der Waals surface area contributed by atoms with Crippen LogP contribution in [0.3, 0.4) is 0 Å². The minimum Gasteiger partial charge on any atom is -0.486 e. The first-order chi connectivity index (χ1) is 13.7. The van der Waals surface area contributed by atoms with Gasteiger partial charge in [0.05, 0.1) is 0 Å². The Kier molecular flexibility index (Phi) is 5.09. The number of aromatic nitrogens is 3. The van der Waals surface area contributed by atoms with E-state index in [0.717, 1.165) is 28.4 Å². The summed E-state index contributed by atoms with van der Waals surface area (Å²) in [4.78, 5) is 22.4. The van der Waals surface area contributed by atoms with Crippen molar-refractivity contribution in [3.8, 4) is 17.3 Å². The predicted molar refractivity (Wildman–Crippen MR) is 102 cm³/mol. The van der Waals surface area contributed by atoms with Gasteiger partial charge in [0.15, 0.2) is 11.5 Å². The first-order valence-electron chi connectivity index (χ1n) is 9.00. The van der Waals surface area contributed by atoms with Gasteiger partial charge in [-0.1, -0.05) is 12.1 Å². The van der Waals surface area contributed by atoms with Gasteiger partial charge in [-0.3, -0.25) is 4.57 Å². The molecule has 1 N–H and O–H groups in total. The molecule has 1 aliphatic rings. The Morgan fingerprint density at radius 1 is 1.18 bits per heavy atom. The highest BCUT2D eigenvalue weighted by Gasteiger charge is 2.14. The molecule has 28 heavy (non-hydrogen) atoms. The number of hydrogen-bond acceptors (Lipinski definition) is 5. The number of ether oxygens (including phenoxy) is 2. The van der Waals surface area contributed by atoms with Gasteiger partial charge < -0.3 is 19.7 Å². The summed E-state index contributed by atoms with van der Waals surface area (Å²) in [7, 11) is 1.76. The van der Waals surface area contributed by atoms with E-state index < -0.39 is 0 Å². The minimum atomic E-state index is -0.159. The average molecular weight is 379 g/mol. The van der Waals surface area contributed by atoms with Gasteiger partial charge in [-0.05, 0) is 29.3 Å². The zero-order valence-corrected chi connectivity index (χ0v) is 15.5. The van der Waals surface area contributed by atoms with E-state index in [1.807, 2.05) is 41.1 Å². The Balaban J connectivity index is 1.31. The van der Waals surface area contributed by atoms with Gasteiger partial charge in [0.25, 0.3) is 0 Å². The highest BCUT2D eigenvalue weighted by atomic mass is 16.6. The molecule has 0 saturated carbocycles. The second-order valence-corrected chi connectivity index (χ2v) is 6.49. The number of pyridine rings is 1. The van der Waals surface area contributed by atoms with Crippen LogP contribution in [0.1, 0.15) is 11.1 Å². The molecule has 0 aliphatic carbocycles. The Bertz CT molecular complexity index is 941. The van der Waals surface area contributed by atoms with Gasteiger partial charge >= 0.3 is 6.03 Å². The summed E-state index contributed by atoms with van der Waals surface area (Å²) in [6, 6.07) is 9.40. The third-order valence-corrected chi connectivity index (χ3v) is 4.39. The Hall–Kier alpha value is -3.55. The maximum absolute atomic E-state index is 12.4. The number of nitrogens with one attached hydrogen (secondary N) is 1.